The van der Waals surface area contributed by atoms with E-state index in [9.17, 15) is 9.18 Å². The molecule has 2 nitrogen and oxygen atoms in total. The fourth-order valence-corrected chi connectivity index (χ4v) is 2.75. The van der Waals surface area contributed by atoms with Crippen LogP contribution in [-0.2, 0) is 13.1 Å². The second-order valence-corrected chi connectivity index (χ2v) is 5.62. The van der Waals surface area contributed by atoms with Gasteiger partial charge < -0.3 is 4.90 Å². The number of hydrogen-bond donors (Lipinski definition) is 0. The molecule has 0 amide bonds. The van der Waals surface area contributed by atoms with Gasteiger partial charge in [0.05, 0.1) is 11.3 Å². The molecule has 0 spiro atoms. The van der Waals surface area contributed by atoms with Crippen molar-refractivity contribution in [2.75, 3.05) is 4.90 Å². The van der Waals surface area contributed by atoms with Gasteiger partial charge in [0.25, 0.3) is 0 Å². The van der Waals surface area contributed by atoms with Gasteiger partial charge in [-0.05, 0) is 23.3 Å². The van der Waals surface area contributed by atoms with E-state index >= 15 is 0 Å². The highest BCUT2D eigenvalue weighted by molar-refractivity contribution is 5.85. The number of anilines is 1. The summed E-state index contributed by atoms with van der Waals surface area (Å²) in [7, 11) is 0. The summed E-state index contributed by atoms with van der Waals surface area (Å²) in [4.78, 5) is 13.4. The lowest BCUT2D eigenvalue weighted by Gasteiger charge is -2.26. The minimum atomic E-state index is -0.492. The molecule has 0 aliphatic rings. The van der Waals surface area contributed by atoms with Gasteiger partial charge in [0.2, 0.25) is 0 Å². The first-order valence-electron chi connectivity index (χ1n) is 7.84. The molecular weight excluding hydrogens is 301 g/mol. The second kappa shape index (κ2) is 7.55. The maximum Gasteiger partial charge on any atom is 0.155 e. The van der Waals surface area contributed by atoms with E-state index in [-0.39, 0.29) is 5.56 Å². The van der Waals surface area contributed by atoms with Crippen LogP contribution in [0.15, 0.2) is 78.9 Å². The van der Waals surface area contributed by atoms with Crippen LogP contribution in [0.5, 0.6) is 0 Å². The van der Waals surface area contributed by atoms with Crippen LogP contribution in [0, 0.1) is 5.82 Å². The molecule has 0 bridgehead atoms. The fraction of sp³-hybridized carbons (Fsp3) is 0.0952. The van der Waals surface area contributed by atoms with Crippen LogP contribution in [0.1, 0.15) is 21.5 Å². The zero-order chi connectivity index (χ0) is 16.8. The molecule has 0 unspecified atom stereocenters. The Bertz CT molecular complexity index is 761. The minimum absolute atomic E-state index is 0.101. The topological polar surface area (TPSA) is 20.3 Å². The molecule has 0 aliphatic heterocycles. The minimum Gasteiger partial charge on any atom is -0.362 e. The molecule has 0 saturated heterocycles. The zero-order valence-electron chi connectivity index (χ0n) is 13.2. The standard InChI is InChI=1S/C21H18FNO/c22-20-12-7-13-21(19(20)16-24)23(14-17-8-3-1-4-9-17)15-18-10-5-2-6-11-18/h1-13,16H,14-15H2. The predicted molar refractivity (Wildman–Crippen MR) is 94.6 cm³/mol. The number of halogens is 1. The molecule has 0 aromatic heterocycles. The number of rotatable bonds is 6. The Balaban J connectivity index is 1.98. The van der Waals surface area contributed by atoms with E-state index < -0.39 is 5.82 Å². The van der Waals surface area contributed by atoms with E-state index in [0.29, 0.717) is 25.1 Å². The average Bonchev–Trinajstić information content (AvgIpc) is 2.63. The summed E-state index contributed by atoms with van der Waals surface area (Å²) in [6.07, 6.45) is 0.591. The third-order valence-electron chi connectivity index (χ3n) is 3.92. The van der Waals surface area contributed by atoms with Gasteiger partial charge in [-0.15, -0.1) is 0 Å². The Morgan fingerprint density at radius 3 is 1.79 bits per heavy atom. The molecule has 0 aliphatic carbocycles. The first kappa shape index (κ1) is 15.9. The molecule has 3 heteroatoms. The highest BCUT2D eigenvalue weighted by Gasteiger charge is 2.15. The van der Waals surface area contributed by atoms with Crippen LogP contribution in [0.4, 0.5) is 10.1 Å². The van der Waals surface area contributed by atoms with Crippen molar-refractivity contribution in [1.29, 1.82) is 0 Å². The fourth-order valence-electron chi connectivity index (χ4n) is 2.75. The first-order valence-corrected chi connectivity index (χ1v) is 7.84. The van der Waals surface area contributed by atoms with Crippen LogP contribution < -0.4 is 4.90 Å². The van der Waals surface area contributed by atoms with Crippen molar-refractivity contribution >= 4 is 12.0 Å². The van der Waals surface area contributed by atoms with E-state index in [1.54, 1.807) is 12.1 Å². The van der Waals surface area contributed by atoms with Crippen molar-refractivity contribution < 1.29 is 9.18 Å². The van der Waals surface area contributed by atoms with E-state index in [2.05, 4.69) is 0 Å². The van der Waals surface area contributed by atoms with E-state index in [4.69, 9.17) is 0 Å². The second-order valence-electron chi connectivity index (χ2n) is 5.62. The third-order valence-corrected chi connectivity index (χ3v) is 3.92. The lowest BCUT2D eigenvalue weighted by molar-refractivity contribution is 0.112. The van der Waals surface area contributed by atoms with Gasteiger partial charge in [0.15, 0.2) is 6.29 Å². The molecule has 0 N–H and O–H groups in total. The van der Waals surface area contributed by atoms with Crippen molar-refractivity contribution in [3.63, 3.8) is 0 Å². The molecular formula is C21H18FNO. The van der Waals surface area contributed by atoms with Crippen LogP contribution in [0.3, 0.4) is 0 Å². The van der Waals surface area contributed by atoms with Gasteiger partial charge in [-0.3, -0.25) is 4.79 Å². The third kappa shape index (κ3) is 3.69. The predicted octanol–water partition coefficient (Wildman–Crippen LogP) is 4.85. The summed E-state index contributed by atoms with van der Waals surface area (Å²) >= 11 is 0. The Labute approximate surface area is 141 Å². The van der Waals surface area contributed by atoms with Crippen molar-refractivity contribution in [2.45, 2.75) is 13.1 Å². The van der Waals surface area contributed by atoms with E-state index in [0.717, 1.165) is 11.1 Å². The molecule has 0 fully saturated rings. The monoisotopic (exact) mass is 319 g/mol. The van der Waals surface area contributed by atoms with Gasteiger partial charge in [-0.2, -0.15) is 0 Å². The Kier molecular flexibility index (Phi) is 5.02. The number of carbonyl (C=O) groups is 1. The summed E-state index contributed by atoms with van der Waals surface area (Å²) < 4.78 is 14.0. The van der Waals surface area contributed by atoms with Crippen molar-refractivity contribution in [1.82, 2.24) is 0 Å². The highest BCUT2D eigenvalue weighted by atomic mass is 19.1. The van der Waals surface area contributed by atoms with Gasteiger partial charge in [0.1, 0.15) is 5.82 Å². The zero-order valence-corrected chi connectivity index (χ0v) is 13.2. The highest BCUT2D eigenvalue weighted by Crippen LogP contribution is 2.25. The van der Waals surface area contributed by atoms with Gasteiger partial charge in [0, 0.05) is 13.1 Å². The van der Waals surface area contributed by atoms with Crippen molar-refractivity contribution in [3.05, 3.63) is 101 Å². The number of nitrogens with zero attached hydrogens (tertiary/aromatic N) is 1. The molecule has 120 valence electrons. The molecule has 0 heterocycles. The van der Waals surface area contributed by atoms with Gasteiger partial charge in [-0.1, -0.05) is 66.7 Å². The number of hydrogen-bond acceptors (Lipinski definition) is 2. The molecule has 0 atom stereocenters. The van der Waals surface area contributed by atoms with Crippen LogP contribution in [0.2, 0.25) is 0 Å². The summed E-state index contributed by atoms with van der Waals surface area (Å²) in [5, 5.41) is 0. The Morgan fingerprint density at radius 2 is 1.29 bits per heavy atom. The number of aldehydes is 1. The van der Waals surface area contributed by atoms with Crippen LogP contribution in [-0.4, -0.2) is 6.29 Å². The molecule has 0 saturated carbocycles. The molecule has 0 radical (unpaired) electrons. The van der Waals surface area contributed by atoms with Gasteiger partial charge in [-0.25, -0.2) is 4.39 Å². The maximum absolute atomic E-state index is 14.0. The van der Waals surface area contributed by atoms with Crippen LogP contribution >= 0.6 is 0 Å². The summed E-state index contributed by atoms with van der Waals surface area (Å²) in [6.45, 7) is 1.19. The number of carbonyl (C=O) groups excluding carboxylic acids is 1. The Morgan fingerprint density at radius 1 is 0.750 bits per heavy atom. The summed E-state index contributed by atoms with van der Waals surface area (Å²) in [6, 6.07) is 24.7. The molecule has 3 aromatic rings. The average molecular weight is 319 g/mol. The van der Waals surface area contributed by atoms with E-state index in [1.165, 1.54) is 6.07 Å². The van der Waals surface area contributed by atoms with Crippen LogP contribution in [0.25, 0.3) is 0 Å². The van der Waals surface area contributed by atoms with Gasteiger partial charge >= 0.3 is 0 Å². The summed E-state index contributed by atoms with van der Waals surface area (Å²) in [5.41, 5.74) is 2.92. The summed E-state index contributed by atoms with van der Waals surface area (Å²) in [5.74, 6) is -0.492. The normalized spacial score (nSPS) is 10.4. The first-order chi connectivity index (χ1) is 11.8. The SMILES string of the molecule is O=Cc1c(F)cccc1N(Cc1ccccc1)Cc1ccccc1. The smallest absolute Gasteiger partial charge is 0.155 e. The number of benzene rings is 3. The molecule has 24 heavy (non-hydrogen) atoms. The van der Waals surface area contributed by atoms with Crippen molar-refractivity contribution in [2.24, 2.45) is 0 Å². The quantitative estimate of drug-likeness (QED) is 0.606. The van der Waals surface area contributed by atoms with E-state index in [1.807, 2.05) is 65.6 Å². The lowest BCUT2D eigenvalue weighted by atomic mass is 10.1. The Hall–Kier alpha value is -2.94. The van der Waals surface area contributed by atoms with Crippen molar-refractivity contribution in [3.8, 4) is 0 Å². The lowest BCUT2D eigenvalue weighted by Crippen LogP contribution is -2.23. The maximum atomic E-state index is 14.0. The molecule has 3 aromatic carbocycles. The molecule has 3 rings (SSSR count). The largest absolute Gasteiger partial charge is 0.362 e.